The Balaban J connectivity index is 1.29. The van der Waals surface area contributed by atoms with Crippen LogP contribution in [0.5, 0.6) is 0 Å². The predicted octanol–water partition coefficient (Wildman–Crippen LogP) is 6.32. The summed E-state index contributed by atoms with van der Waals surface area (Å²) in [6.45, 7) is 0. The molecule has 0 saturated heterocycles. The summed E-state index contributed by atoms with van der Waals surface area (Å²) in [4.78, 5) is 24.5. The highest BCUT2D eigenvalue weighted by Gasteiger charge is 2.29. The summed E-state index contributed by atoms with van der Waals surface area (Å²) in [6, 6.07) is 18.4. The van der Waals surface area contributed by atoms with Crippen LogP contribution >= 0.6 is 0 Å². The second kappa shape index (κ2) is 8.37. The van der Waals surface area contributed by atoms with E-state index < -0.39 is 0 Å². The van der Waals surface area contributed by atoms with Crippen molar-refractivity contribution < 1.29 is 9.18 Å². The zero-order chi connectivity index (χ0) is 24.9. The van der Waals surface area contributed by atoms with E-state index in [1.165, 1.54) is 6.07 Å². The second-order valence-corrected chi connectivity index (χ2v) is 9.34. The first-order chi connectivity index (χ1) is 18.1. The number of hydrogen-bond acceptors (Lipinski definition) is 4. The van der Waals surface area contributed by atoms with Gasteiger partial charge in [-0.05, 0) is 48.7 Å². The molecule has 4 heterocycles. The topological polar surface area (TPSA) is 99.4 Å². The summed E-state index contributed by atoms with van der Waals surface area (Å²) in [7, 11) is 0. The number of carbonyl (C=O) groups excluding carboxylic acids is 1. The molecule has 0 atom stereocenters. The molecule has 180 valence electrons. The smallest absolute Gasteiger partial charge is 0.227 e. The fraction of sp³-hybridized carbons (Fsp3) is 0.103. The number of rotatable bonds is 5. The third-order valence-electron chi connectivity index (χ3n) is 6.78. The van der Waals surface area contributed by atoms with Gasteiger partial charge in [0.15, 0.2) is 0 Å². The van der Waals surface area contributed by atoms with Crippen molar-refractivity contribution in [3.63, 3.8) is 0 Å². The molecule has 1 aliphatic rings. The zero-order valence-electron chi connectivity index (χ0n) is 19.6. The molecule has 3 N–H and O–H groups in total. The lowest BCUT2D eigenvalue weighted by molar-refractivity contribution is -0.117. The van der Waals surface area contributed by atoms with Gasteiger partial charge in [0.2, 0.25) is 5.91 Å². The Bertz CT molecular complexity index is 1820. The highest BCUT2D eigenvalue weighted by Crippen LogP contribution is 2.36. The van der Waals surface area contributed by atoms with E-state index in [0.29, 0.717) is 16.9 Å². The Morgan fingerprint density at radius 1 is 0.919 bits per heavy atom. The van der Waals surface area contributed by atoms with Crippen LogP contribution in [0.2, 0.25) is 0 Å². The number of nitrogens with one attached hydrogen (secondary N) is 3. The predicted molar refractivity (Wildman–Crippen MR) is 141 cm³/mol. The molecule has 7 rings (SSSR count). The molecule has 8 heteroatoms. The number of anilines is 1. The second-order valence-electron chi connectivity index (χ2n) is 9.34. The average molecular weight is 489 g/mol. The molecule has 1 amide bonds. The van der Waals surface area contributed by atoms with Crippen molar-refractivity contribution in [2.45, 2.75) is 12.8 Å². The third-order valence-corrected chi connectivity index (χ3v) is 6.78. The maximum Gasteiger partial charge on any atom is 0.227 e. The van der Waals surface area contributed by atoms with E-state index in [1.807, 2.05) is 42.5 Å². The van der Waals surface area contributed by atoms with Gasteiger partial charge in [-0.2, -0.15) is 5.10 Å². The van der Waals surface area contributed by atoms with Gasteiger partial charge >= 0.3 is 0 Å². The van der Waals surface area contributed by atoms with Gasteiger partial charge in [-0.25, -0.2) is 4.39 Å². The Hall–Kier alpha value is -4.85. The van der Waals surface area contributed by atoms with Crippen LogP contribution in [0, 0.1) is 11.7 Å². The number of hydrogen-bond donors (Lipinski definition) is 3. The SMILES string of the molecule is O=C(Nc1cncc(-c2cc3c(-c4cc5c(-c6ccccc6F)cccc5[nH]4)n[nH]c3cn2)c1)C1CC1. The van der Waals surface area contributed by atoms with Gasteiger partial charge in [0.05, 0.1) is 35.0 Å². The normalized spacial score (nSPS) is 13.3. The van der Waals surface area contributed by atoms with Crippen molar-refractivity contribution in [2.75, 3.05) is 5.32 Å². The number of aromatic amines is 2. The number of amides is 1. The number of nitrogens with zero attached hydrogens (tertiary/aromatic N) is 3. The maximum absolute atomic E-state index is 14.6. The van der Waals surface area contributed by atoms with Crippen LogP contribution in [0.15, 0.2) is 79.3 Å². The van der Waals surface area contributed by atoms with E-state index in [4.69, 9.17) is 0 Å². The van der Waals surface area contributed by atoms with Crippen molar-refractivity contribution in [1.29, 1.82) is 0 Å². The molecule has 0 bridgehead atoms. The van der Waals surface area contributed by atoms with Gasteiger partial charge in [0, 0.05) is 39.5 Å². The van der Waals surface area contributed by atoms with E-state index in [9.17, 15) is 9.18 Å². The van der Waals surface area contributed by atoms with E-state index in [0.717, 1.165) is 57.2 Å². The van der Waals surface area contributed by atoms with E-state index in [-0.39, 0.29) is 17.6 Å². The molecule has 0 spiro atoms. The molecule has 37 heavy (non-hydrogen) atoms. The Morgan fingerprint density at radius 2 is 1.78 bits per heavy atom. The Kier molecular flexibility index (Phi) is 4.85. The lowest BCUT2D eigenvalue weighted by atomic mass is 10.0. The van der Waals surface area contributed by atoms with Gasteiger partial charge in [-0.3, -0.25) is 19.9 Å². The molecule has 0 radical (unpaired) electrons. The van der Waals surface area contributed by atoms with Gasteiger partial charge in [0.25, 0.3) is 0 Å². The molecular weight excluding hydrogens is 467 g/mol. The Morgan fingerprint density at radius 3 is 2.65 bits per heavy atom. The van der Waals surface area contributed by atoms with Crippen molar-refractivity contribution in [2.24, 2.45) is 5.92 Å². The molecule has 1 aliphatic carbocycles. The minimum atomic E-state index is -0.261. The number of H-pyrrole nitrogens is 2. The highest BCUT2D eigenvalue weighted by molar-refractivity contribution is 6.01. The van der Waals surface area contributed by atoms with Crippen molar-refractivity contribution in [1.82, 2.24) is 25.1 Å². The molecule has 2 aromatic carbocycles. The molecule has 1 fully saturated rings. The van der Waals surface area contributed by atoms with E-state index >= 15 is 0 Å². The first kappa shape index (κ1) is 21.4. The van der Waals surface area contributed by atoms with Crippen LogP contribution in [0.4, 0.5) is 10.1 Å². The largest absolute Gasteiger partial charge is 0.353 e. The van der Waals surface area contributed by atoms with Crippen LogP contribution in [-0.2, 0) is 4.79 Å². The summed E-state index contributed by atoms with van der Waals surface area (Å²) < 4.78 is 14.6. The number of carbonyl (C=O) groups is 1. The molecule has 0 unspecified atom stereocenters. The quantitative estimate of drug-likeness (QED) is 0.264. The number of benzene rings is 2. The van der Waals surface area contributed by atoms with Crippen molar-refractivity contribution in [3.05, 3.63) is 85.1 Å². The lowest BCUT2D eigenvalue weighted by Crippen LogP contribution is -2.13. The monoisotopic (exact) mass is 488 g/mol. The minimum absolute atomic E-state index is 0.0352. The van der Waals surface area contributed by atoms with E-state index in [2.05, 4.69) is 30.5 Å². The van der Waals surface area contributed by atoms with Crippen LogP contribution in [0.3, 0.4) is 0 Å². The number of fused-ring (bicyclic) bond motifs is 2. The average Bonchev–Trinajstić information content (AvgIpc) is 3.55. The first-order valence-corrected chi connectivity index (χ1v) is 12.1. The number of halogens is 1. The number of aromatic nitrogens is 5. The van der Waals surface area contributed by atoms with Crippen LogP contribution < -0.4 is 5.32 Å². The van der Waals surface area contributed by atoms with Crippen LogP contribution in [-0.4, -0.2) is 31.1 Å². The summed E-state index contributed by atoms with van der Waals surface area (Å²) in [5.41, 5.74) is 6.76. The fourth-order valence-electron chi connectivity index (χ4n) is 4.72. The van der Waals surface area contributed by atoms with Crippen molar-refractivity contribution in [3.8, 4) is 33.8 Å². The highest BCUT2D eigenvalue weighted by atomic mass is 19.1. The molecule has 1 saturated carbocycles. The maximum atomic E-state index is 14.6. The molecule has 6 aromatic rings. The zero-order valence-corrected chi connectivity index (χ0v) is 19.6. The molecule has 7 nitrogen and oxygen atoms in total. The minimum Gasteiger partial charge on any atom is -0.353 e. The summed E-state index contributed by atoms with van der Waals surface area (Å²) >= 11 is 0. The van der Waals surface area contributed by atoms with Gasteiger partial charge < -0.3 is 10.3 Å². The van der Waals surface area contributed by atoms with Gasteiger partial charge in [-0.1, -0.05) is 30.3 Å². The van der Waals surface area contributed by atoms with Gasteiger partial charge in [0.1, 0.15) is 11.5 Å². The first-order valence-electron chi connectivity index (χ1n) is 12.1. The van der Waals surface area contributed by atoms with E-state index in [1.54, 1.807) is 30.7 Å². The summed E-state index contributed by atoms with van der Waals surface area (Å²) in [5.74, 6) is -0.113. The Labute approximate surface area is 210 Å². The van der Waals surface area contributed by atoms with Crippen LogP contribution in [0.25, 0.3) is 55.6 Å². The summed E-state index contributed by atoms with van der Waals surface area (Å²) in [6.07, 6.45) is 6.99. The van der Waals surface area contributed by atoms with Gasteiger partial charge in [-0.15, -0.1) is 0 Å². The lowest BCUT2D eigenvalue weighted by Gasteiger charge is -2.06. The van der Waals surface area contributed by atoms with Crippen LogP contribution in [0.1, 0.15) is 12.8 Å². The summed E-state index contributed by atoms with van der Waals surface area (Å²) in [5, 5.41) is 12.4. The molecule has 4 aromatic heterocycles. The number of pyridine rings is 2. The molecule has 0 aliphatic heterocycles. The standard InChI is InChI=1S/C29H21FN6O/c30-23-6-2-1-4-20(23)19-5-3-7-24-21(19)11-26(34-24)28-22-12-25(32-15-27(22)35-36-28)17-10-18(14-31-13-17)33-29(37)16-8-9-16/h1-7,10-16,34H,8-9H2,(H,33,37)(H,35,36). The third kappa shape index (κ3) is 3.83. The van der Waals surface area contributed by atoms with Crippen molar-refractivity contribution >= 4 is 33.4 Å². The fourth-order valence-corrected chi connectivity index (χ4v) is 4.72. The molecular formula is C29H21FN6O.